The number of alkyl halides is 6. The van der Waals surface area contributed by atoms with Gasteiger partial charge in [0.1, 0.15) is 119 Å². The molecular weight excluding hydrogens is 1860 g/mol. The fourth-order valence-electron chi connectivity index (χ4n) is 15.1. The highest BCUT2D eigenvalue weighted by molar-refractivity contribution is 7.88. The lowest BCUT2D eigenvalue weighted by Gasteiger charge is -2.30. The van der Waals surface area contributed by atoms with Crippen LogP contribution in [0.25, 0.3) is 22.3 Å². The van der Waals surface area contributed by atoms with Crippen molar-refractivity contribution in [3.05, 3.63) is 146 Å². The van der Waals surface area contributed by atoms with Crippen LogP contribution in [0.3, 0.4) is 0 Å². The van der Waals surface area contributed by atoms with Crippen molar-refractivity contribution in [2.75, 3.05) is 50.8 Å². The Bertz CT molecular complexity index is 5830. The zero-order chi connectivity index (χ0) is 95.7. The number of fused-ring (bicyclic) bond motifs is 8. The molecule has 8 aromatic rings. The Balaban J connectivity index is 0.000000151. The van der Waals surface area contributed by atoms with E-state index < -0.39 is 106 Å². The molecule has 0 unspecified atom stereocenters. The van der Waals surface area contributed by atoms with Gasteiger partial charge in [-0.3, -0.25) is 0 Å². The van der Waals surface area contributed by atoms with Gasteiger partial charge in [0, 0.05) is 41.5 Å². The smallest absolute Gasteiger partial charge is 0.507 e. The third-order valence-corrected chi connectivity index (χ3v) is 54.3. The van der Waals surface area contributed by atoms with Crippen LogP contribution in [-0.2, 0) is 47.6 Å². The number of hydrogen-bond acceptors (Lipinski definition) is 22. The van der Waals surface area contributed by atoms with Gasteiger partial charge in [0.15, 0.2) is 54.4 Å². The van der Waals surface area contributed by atoms with E-state index >= 15 is 0 Å². The summed E-state index contributed by atoms with van der Waals surface area (Å²) in [5.41, 5.74) is -6.69. The number of rotatable bonds is 6. The summed E-state index contributed by atoms with van der Waals surface area (Å²) in [7, 11) is -29.9. The summed E-state index contributed by atoms with van der Waals surface area (Å²) < 4.78 is 253. The Labute approximate surface area is 749 Å². The molecule has 128 heavy (non-hydrogen) atoms. The van der Waals surface area contributed by atoms with Crippen LogP contribution in [0.2, 0.25) is 0 Å². The summed E-state index contributed by atoms with van der Waals surface area (Å²) in [6.45, 7) is 47.4. The second kappa shape index (κ2) is 34.8. The lowest BCUT2D eigenvalue weighted by atomic mass is 10.0. The molecule has 0 saturated heterocycles. The molecule has 0 amide bonds. The zero-order valence-electron chi connectivity index (χ0n) is 76.2. The van der Waals surface area contributed by atoms with Crippen LogP contribution in [0, 0.1) is 0 Å². The van der Waals surface area contributed by atoms with Crippen LogP contribution >= 0.6 is 58.7 Å². The highest BCUT2D eigenvalue weighted by Gasteiger charge is 2.57. The van der Waals surface area contributed by atoms with Crippen molar-refractivity contribution in [3.8, 4) is 91.2 Å². The molecule has 22 nitrogen and oxygen atoms in total. The number of halogens is 6. The highest BCUT2D eigenvalue weighted by Crippen LogP contribution is 2.70. The van der Waals surface area contributed by atoms with Crippen molar-refractivity contribution >= 4 is 121 Å². The Hall–Kier alpha value is -6.92. The SMILES string of the molecule is CC(C)(C)[P@]1(=O)COc2cccc(-c3cccc4c3[P@](=O)(C(C)(C)C)CO4)c21.CC(C)(C)[P@]1(=O)COc2cccc(O)c21.CC(C)(C)[P@]1(=O)COc2cccc(O)c21.CC(C)(C)[P@]1(=O)COc2cccc(OS(=O)(=O)C(F)(F)F)c21.CC(C)(C)[P@]1(=O)COc2cccc(OS(=O)(=O)C(F)(F)F)c21.CC(C)(C)[P@]1COc2cccc(-c3cccc4c3[P@](C(C)(C)C)CO4)c21. The zero-order valence-corrected chi connectivity index (χ0v) is 85.0. The number of phenols is 2. The number of benzene rings is 8. The van der Waals surface area contributed by atoms with Crippen LogP contribution in [-0.4, -0.2) is 130 Å². The number of aromatic hydroxyl groups is 2. The van der Waals surface area contributed by atoms with Crippen molar-refractivity contribution in [2.24, 2.45) is 0 Å². The molecule has 700 valence electrons. The van der Waals surface area contributed by atoms with Gasteiger partial charge >= 0.3 is 31.3 Å². The lowest BCUT2D eigenvalue weighted by molar-refractivity contribution is -0.0504. The molecule has 0 spiro atoms. The first-order valence-electron chi connectivity index (χ1n) is 41.0. The average Bonchev–Trinajstić information content (AvgIpc) is 1.52. The van der Waals surface area contributed by atoms with E-state index in [2.05, 4.69) is 86.3 Å². The molecule has 0 radical (unpaired) electrons. The minimum atomic E-state index is -5.84. The Morgan fingerprint density at radius 2 is 0.484 bits per heavy atom. The number of hydrogen-bond donors (Lipinski definition) is 2. The standard InChI is InChI=1S/C22H28O4P2.C22H28O2P2.2C12H14F3O5PS.2C11H15O3P/c1-21(2,3)27(23)13-25-17-11-7-9-15(19(17)27)16-10-8-12-18-20(16)28(24,14-26-18)22(4,5)6;1-21(2,3)25-13-23-17-11-7-9-15(19(17)25)16-10-8-12-18-20(16)26(14-24-18)22(4,5)6;2*1-11(2,3)21(16)7-19-8-5-4-6-9(10(8)21)20-22(17,18)12(13,14)15;2*1-11(2,3)15(13)7-14-9-6-4-5-8(12)10(9)15/h7-12H,13-14H2,1-6H3;7-12H,13-14H2,1-6H3;2*4-6H,7H2,1-3H3;2*4-6,12H,7H2,1-3H3/t27-,28-;25-,26-;2*21-;2*15-/m010000/s1. The van der Waals surface area contributed by atoms with E-state index in [4.69, 9.17) is 37.9 Å². The molecule has 8 heterocycles. The normalized spacial score (nSPS) is 23.6. The molecule has 0 aliphatic carbocycles. The van der Waals surface area contributed by atoms with Crippen molar-refractivity contribution in [1.29, 1.82) is 0 Å². The van der Waals surface area contributed by atoms with Crippen LogP contribution in [0.15, 0.2) is 146 Å². The molecule has 0 bridgehead atoms. The summed E-state index contributed by atoms with van der Waals surface area (Å²) >= 11 is 0. The highest BCUT2D eigenvalue weighted by atomic mass is 32.2. The van der Waals surface area contributed by atoms with Gasteiger partial charge in [0.2, 0.25) is 0 Å². The van der Waals surface area contributed by atoms with Crippen molar-refractivity contribution in [1.82, 2.24) is 0 Å². The quantitative estimate of drug-likeness (QED) is 0.0676. The third-order valence-electron chi connectivity index (χ3n) is 23.4. The Morgan fingerprint density at radius 1 is 0.281 bits per heavy atom. The molecule has 8 aromatic carbocycles. The van der Waals surface area contributed by atoms with Gasteiger partial charge in [0.05, 0.1) is 21.2 Å². The monoisotopic (exact) mass is 1970 g/mol. The Kier molecular flexibility index (Phi) is 27.7. The molecule has 0 fully saturated rings. The lowest BCUT2D eigenvalue weighted by Crippen LogP contribution is -2.30. The molecule has 0 saturated carbocycles. The maximum Gasteiger partial charge on any atom is 0.534 e. The molecule has 8 aliphatic heterocycles. The van der Waals surface area contributed by atoms with Gasteiger partial charge in [0.25, 0.3) is 0 Å². The molecule has 0 aromatic heterocycles. The van der Waals surface area contributed by atoms with E-state index in [-0.39, 0.29) is 108 Å². The van der Waals surface area contributed by atoms with E-state index in [0.717, 1.165) is 58.1 Å². The molecule has 38 heteroatoms. The molecule has 8 atom stereocenters. The van der Waals surface area contributed by atoms with Gasteiger partial charge < -0.3 is 83.9 Å². The molecule has 8 aliphatic rings. The van der Waals surface area contributed by atoms with Gasteiger partial charge in [-0.05, 0) is 121 Å². The molecule has 2 N–H and O–H groups in total. The van der Waals surface area contributed by atoms with Crippen LogP contribution in [0.1, 0.15) is 166 Å². The van der Waals surface area contributed by atoms with Crippen molar-refractivity contribution in [3.63, 3.8) is 0 Å². The Morgan fingerprint density at radius 3 is 0.727 bits per heavy atom. The van der Waals surface area contributed by atoms with Crippen LogP contribution in [0.4, 0.5) is 26.3 Å². The molecule has 16 rings (SSSR count). The maximum atomic E-state index is 14.1. The summed E-state index contributed by atoms with van der Waals surface area (Å²) in [4.78, 5) is 0. The minimum absolute atomic E-state index is 0.0770. The molecular formula is C90H114F6O22P8S2. The summed E-state index contributed by atoms with van der Waals surface area (Å²) in [5.74, 6) is 3.77. The first kappa shape index (κ1) is 102. The number of phenolic OH excluding ortho intramolecular Hbond substituents is 2. The summed E-state index contributed by atoms with van der Waals surface area (Å²) in [5, 5.41) is 22.1. The van der Waals surface area contributed by atoms with E-state index in [1.54, 1.807) is 77.9 Å². The van der Waals surface area contributed by atoms with Crippen LogP contribution in [0.5, 0.6) is 69.0 Å². The van der Waals surface area contributed by atoms with Gasteiger partial charge in [-0.1, -0.05) is 239 Å². The van der Waals surface area contributed by atoms with Crippen molar-refractivity contribution in [2.45, 2.75) is 218 Å². The number of ether oxygens (including phenoxy) is 8. The van der Waals surface area contributed by atoms with E-state index in [1.807, 2.05) is 119 Å². The average molecular weight is 1970 g/mol. The van der Waals surface area contributed by atoms with Gasteiger partial charge in [-0.15, -0.1) is 0 Å². The second-order valence-electron chi connectivity index (χ2n) is 39.9. The third kappa shape index (κ3) is 18.8. The van der Waals surface area contributed by atoms with Crippen LogP contribution < -0.4 is 88.7 Å². The predicted octanol–water partition coefficient (Wildman–Crippen LogP) is 22.7. The van der Waals surface area contributed by atoms with Crippen molar-refractivity contribution < 1.29 is 127 Å². The van der Waals surface area contributed by atoms with Gasteiger partial charge in [-0.2, -0.15) is 43.2 Å². The summed E-state index contributed by atoms with van der Waals surface area (Å²) in [6, 6.07) is 42.2. The summed E-state index contributed by atoms with van der Waals surface area (Å²) in [6.07, 6.45) is 2.08. The minimum Gasteiger partial charge on any atom is -0.507 e. The van der Waals surface area contributed by atoms with E-state index in [1.165, 1.54) is 46.0 Å². The first-order valence-corrected chi connectivity index (χ1v) is 58.2. The van der Waals surface area contributed by atoms with E-state index in [9.17, 15) is 80.8 Å². The maximum absolute atomic E-state index is 14.1. The first-order chi connectivity index (χ1) is 58.4. The largest absolute Gasteiger partial charge is 0.534 e. The fourth-order valence-corrected chi connectivity index (χ4v) is 35.9. The fraction of sp³-hybridized carbons (Fsp3) is 0.467. The second-order valence-corrected chi connectivity index (χ2v) is 69.9. The predicted molar refractivity (Wildman–Crippen MR) is 503 cm³/mol. The van der Waals surface area contributed by atoms with Gasteiger partial charge in [-0.25, -0.2) is 0 Å². The van der Waals surface area contributed by atoms with E-state index in [0.29, 0.717) is 33.6 Å². The topological polar surface area (TPSA) is 303 Å².